The van der Waals surface area contributed by atoms with Gasteiger partial charge in [-0.3, -0.25) is 4.79 Å². The number of carbonyl (C=O) groups is 2. The van der Waals surface area contributed by atoms with Gasteiger partial charge in [0.05, 0.1) is 35.2 Å². The maximum absolute atomic E-state index is 12.2. The quantitative estimate of drug-likeness (QED) is 0.582. The highest BCUT2D eigenvalue weighted by Crippen LogP contribution is 2.23. The molecule has 0 aliphatic carbocycles. The fourth-order valence-electron chi connectivity index (χ4n) is 2.43. The van der Waals surface area contributed by atoms with E-state index in [0.29, 0.717) is 10.7 Å². The van der Waals surface area contributed by atoms with Gasteiger partial charge in [0, 0.05) is 0 Å². The van der Waals surface area contributed by atoms with E-state index in [1.807, 2.05) is 43.3 Å². The van der Waals surface area contributed by atoms with Crippen molar-refractivity contribution in [1.29, 1.82) is 5.26 Å². The van der Waals surface area contributed by atoms with Crippen LogP contribution in [0.25, 0.3) is 0 Å². The number of nitrogens with zero attached hydrogens (tertiary/aromatic N) is 2. The third-order valence-electron chi connectivity index (χ3n) is 3.81. The summed E-state index contributed by atoms with van der Waals surface area (Å²) in [6.45, 7) is 5.55. The van der Waals surface area contributed by atoms with Crippen LogP contribution in [-0.2, 0) is 9.53 Å². The average Bonchev–Trinajstić information content (AvgIpc) is 2.67. The van der Waals surface area contributed by atoms with Crippen LogP contribution in [0.4, 0.5) is 0 Å². The number of aromatic nitrogens is 1. The van der Waals surface area contributed by atoms with E-state index in [0.717, 1.165) is 5.56 Å². The van der Waals surface area contributed by atoms with Crippen LogP contribution in [-0.4, -0.2) is 29.2 Å². The summed E-state index contributed by atoms with van der Waals surface area (Å²) in [5, 5.41) is 12.7. The normalized spacial score (nSPS) is 11.3. The van der Waals surface area contributed by atoms with Gasteiger partial charge in [-0.25, -0.2) is 9.78 Å². The second-order valence-electron chi connectivity index (χ2n) is 5.79. The van der Waals surface area contributed by atoms with Gasteiger partial charge in [-0.05, 0) is 32.4 Å². The SMILES string of the molecule is CCOC(=O)c1cc(C#N)c(SCC(=O)N[C@@H](C)c2ccccc2)nc1C. The van der Waals surface area contributed by atoms with Gasteiger partial charge < -0.3 is 10.1 Å². The number of nitriles is 1. The smallest absolute Gasteiger partial charge is 0.340 e. The fourth-order valence-corrected chi connectivity index (χ4v) is 3.24. The van der Waals surface area contributed by atoms with E-state index in [1.54, 1.807) is 13.8 Å². The minimum atomic E-state index is -0.509. The average molecular weight is 383 g/mol. The van der Waals surface area contributed by atoms with Crippen molar-refractivity contribution in [3.63, 3.8) is 0 Å². The zero-order chi connectivity index (χ0) is 19.8. The molecule has 0 radical (unpaired) electrons. The second-order valence-corrected chi connectivity index (χ2v) is 6.76. The molecule has 1 amide bonds. The summed E-state index contributed by atoms with van der Waals surface area (Å²) < 4.78 is 4.97. The third-order valence-corrected chi connectivity index (χ3v) is 4.80. The standard InChI is InChI=1S/C20H21N3O3S/c1-4-26-20(25)17-10-16(11-21)19(23-14(17)3)27-12-18(24)22-13(2)15-8-6-5-7-9-15/h5-10,13H,4,12H2,1-3H3,(H,22,24)/t13-/m0/s1. The molecule has 1 N–H and O–H groups in total. The van der Waals surface area contributed by atoms with Crippen LogP contribution in [0.2, 0.25) is 0 Å². The monoisotopic (exact) mass is 383 g/mol. The van der Waals surface area contributed by atoms with Gasteiger partial charge in [0.2, 0.25) is 5.91 Å². The molecular weight excluding hydrogens is 362 g/mol. The van der Waals surface area contributed by atoms with Gasteiger partial charge in [-0.15, -0.1) is 0 Å². The van der Waals surface area contributed by atoms with Crippen LogP contribution in [0.3, 0.4) is 0 Å². The lowest BCUT2D eigenvalue weighted by Gasteiger charge is -2.14. The second kappa shape index (κ2) is 9.74. The molecule has 1 atom stereocenters. The third kappa shape index (κ3) is 5.56. The molecule has 0 saturated heterocycles. The van der Waals surface area contributed by atoms with E-state index in [2.05, 4.69) is 10.3 Å². The number of aryl methyl sites for hydroxylation is 1. The van der Waals surface area contributed by atoms with Crippen LogP contribution >= 0.6 is 11.8 Å². The Morgan fingerprint density at radius 3 is 2.67 bits per heavy atom. The topological polar surface area (TPSA) is 92.1 Å². The van der Waals surface area contributed by atoms with E-state index >= 15 is 0 Å². The Morgan fingerprint density at radius 1 is 1.33 bits per heavy atom. The maximum atomic E-state index is 12.2. The lowest BCUT2D eigenvalue weighted by molar-refractivity contribution is -0.119. The molecule has 2 rings (SSSR count). The van der Waals surface area contributed by atoms with Crippen molar-refractivity contribution in [3.8, 4) is 6.07 Å². The van der Waals surface area contributed by atoms with E-state index in [9.17, 15) is 14.9 Å². The first kappa shape index (κ1) is 20.5. The van der Waals surface area contributed by atoms with Crippen molar-refractivity contribution in [2.24, 2.45) is 0 Å². The van der Waals surface area contributed by atoms with Gasteiger partial charge >= 0.3 is 5.97 Å². The molecule has 1 aromatic heterocycles. The molecule has 0 aliphatic heterocycles. The summed E-state index contributed by atoms with van der Waals surface area (Å²) >= 11 is 1.17. The highest BCUT2D eigenvalue weighted by Gasteiger charge is 2.17. The summed E-state index contributed by atoms with van der Waals surface area (Å²) in [6.07, 6.45) is 0. The van der Waals surface area contributed by atoms with Crippen molar-refractivity contribution >= 4 is 23.6 Å². The van der Waals surface area contributed by atoms with E-state index in [4.69, 9.17) is 4.74 Å². The van der Waals surface area contributed by atoms with Crippen molar-refractivity contribution in [2.75, 3.05) is 12.4 Å². The van der Waals surface area contributed by atoms with Crippen LogP contribution < -0.4 is 5.32 Å². The highest BCUT2D eigenvalue weighted by atomic mass is 32.2. The summed E-state index contributed by atoms with van der Waals surface area (Å²) in [7, 11) is 0. The number of esters is 1. The molecule has 0 spiro atoms. The van der Waals surface area contributed by atoms with Gasteiger partial charge in [0.15, 0.2) is 0 Å². The first-order chi connectivity index (χ1) is 13.0. The number of rotatable bonds is 7. The molecule has 140 valence electrons. The number of pyridine rings is 1. The molecule has 0 bridgehead atoms. The van der Waals surface area contributed by atoms with Crippen molar-refractivity contribution in [1.82, 2.24) is 10.3 Å². The minimum Gasteiger partial charge on any atom is -0.462 e. The first-order valence-electron chi connectivity index (χ1n) is 8.52. The molecule has 7 heteroatoms. The number of thioether (sulfide) groups is 1. The summed E-state index contributed by atoms with van der Waals surface area (Å²) in [4.78, 5) is 28.5. The van der Waals surface area contributed by atoms with E-state index in [-0.39, 0.29) is 35.4 Å². The van der Waals surface area contributed by atoms with Crippen LogP contribution in [0.15, 0.2) is 41.4 Å². The number of hydrogen-bond donors (Lipinski definition) is 1. The number of nitrogens with one attached hydrogen (secondary N) is 1. The lowest BCUT2D eigenvalue weighted by atomic mass is 10.1. The minimum absolute atomic E-state index is 0.115. The van der Waals surface area contributed by atoms with Crippen LogP contribution in [0.5, 0.6) is 0 Å². The molecular formula is C20H21N3O3S. The van der Waals surface area contributed by atoms with Gasteiger partial charge in [0.25, 0.3) is 0 Å². The lowest BCUT2D eigenvalue weighted by Crippen LogP contribution is -2.28. The molecule has 27 heavy (non-hydrogen) atoms. The summed E-state index contributed by atoms with van der Waals surface area (Å²) in [5.41, 5.74) is 1.99. The van der Waals surface area contributed by atoms with Gasteiger partial charge in [0.1, 0.15) is 11.1 Å². The van der Waals surface area contributed by atoms with Crippen molar-refractivity contribution in [2.45, 2.75) is 31.8 Å². The highest BCUT2D eigenvalue weighted by molar-refractivity contribution is 8.00. The number of benzene rings is 1. The van der Waals surface area contributed by atoms with E-state index < -0.39 is 5.97 Å². The Morgan fingerprint density at radius 2 is 2.04 bits per heavy atom. The number of carbonyl (C=O) groups excluding carboxylic acids is 2. The van der Waals surface area contributed by atoms with Crippen LogP contribution in [0, 0.1) is 18.3 Å². The molecule has 0 saturated carbocycles. The van der Waals surface area contributed by atoms with Gasteiger partial charge in [-0.1, -0.05) is 42.1 Å². The largest absolute Gasteiger partial charge is 0.462 e. The number of hydrogen-bond acceptors (Lipinski definition) is 6. The molecule has 6 nitrogen and oxygen atoms in total. The maximum Gasteiger partial charge on any atom is 0.340 e. The molecule has 1 aromatic carbocycles. The van der Waals surface area contributed by atoms with Crippen molar-refractivity contribution in [3.05, 3.63) is 58.8 Å². The molecule has 0 unspecified atom stereocenters. The summed E-state index contributed by atoms with van der Waals surface area (Å²) in [6, 6.07) is 13.0. The Labute approximate surface area is 162 Å². The zero-order valence-corrected chi connectivity index (χ0v) is 16.3. The van der Waals surface area contributed by atoms with Gasteiger partial charge in [-0.2, -0.15) is 5.26 Å². The zero-order valence-electron chi connectivity index (χ0n) is 15.5. The molecule has 2 aromatic rings. The number of ether oxygens (including phenoxy) is 1. The molecule has 0 fully saturated rings. The van der Waals surface area contributed by atoms with Crippen molar-refractivity contribution < 1.29 is 14.3 Å². The first-order valence-corrected chi connectivity index (χ1v) is 9.50. The Kier molecular flexibility index (Phi) is 7.38. The Hall–Kier alpha value is -2.85. The molecule has 1 heterocycles. The molecule has 0 aliphatic rings. The van der Waals surface area contributed by atoms with E-state index in [1.165, 1.54) is 17.8 Å². The number of amides is 1. The Bertz CT molecular complexity index is 863. The fraction of sp³-hybridized carbons (Fsp3) is 0.300. The predicted octanol–water partition coefficient (Wildman–Crippen LogP) is 3.41. The van der Waals surface area contributed by atoms with Crippen LogP contribution in [0.1, 0.15) is 47.1 Å². The Balaban J connectivity index is 2.04. The summed E-state index contributed by atoms with van der Waals surface area (Å²) in [5.74, 6) is -0.545. The predicted molar refractivity (Wildman–Crippen MR) is 103 cm³/mol.